The van der Waals surface area contributed by atoms with Crippen molar-refractivity contribution in [1.29, 1.82) is 0 Å². The van der Waals surface area contributed by atoms with Crippen LogP contribution in [0.1, 0.15) is 19.8 Å². The molecule has 4 nitrogen and oxygen atoms in total. The van der Waals surface area contributed by atoms with Gasteiger partial charge < -0.3 is 10.6 Å². The maximum Gasteiger partial charge on any atom is 0.178 e. The third-order valence-electron chi connectivity index (χ3n) is 3.56. The molecule has 0 radical (unpaired) electrons. The van der Waals surface area contributed by atoms with Gasteiger partial charge in [-0.1, -0.05) is 6.92 Å². The van der Waals surface area contributed by atoms with E-state index < -0.39 is 9.84 Å². The Hall–Kier alpha value is -1.07. The highest BCUT2D eigenvalue weighted by Gasteiger charge is 2.23. The van der Waals surface area contributed by atoms with Crippen LogP contribution in [0.15, 0.2) is 29.2 Å². The van der Waals surface area contributed by atoms with Crippen LogP contribution in [0.5, 0.6) is 0 Å². The smallest absolute Gasteiger partial charge is 0.178 e. The molecular weight excluding hydrogens is 248 g/mol. The average Bonchev–Trinajstić information content (AvgIpc) is 2.87. The van der Waals surface area contributed by atoms with Crippen molar-refractivity contribution in [1.82, 2.24) is 0 Å². The highest BCUT2D eigenvalue weighted by molar-refractivity contribution is 7.91. The molecule has 2 rings (SSSR count). The fourth-order valence-electron chi connectivity index (χ4n) is 2.43. The minimum atomic E-state index is -3.10. The molecule has 1 atom stereocenters. The van der Waals surface area contributed by atoms with Crippen LogP contribution in [-0.2, 0) is 9.84 Å². The van der Waals surface area contributed by atoms with Gasteiger partial charge in [0.1, 0.15) is 0 Å². The van der Waals surface area contributed by atoms with Gasteiger partial charge in [-0.15, -0.1) is 0 Å². The molecule has 1 aromatic rings. The van der Waals surface area contributed by atoms with Crippen molar-refractivity contribution in [2.45, 2.75) is 30.7 Å². The maximum absolute atomic E-state index is 11.7. The van der Waals surface area contributed by atoms with Crippen LogP contribution in [0.3, 0.4) is 0 Å². The van der Waals surface area contributed by atoms with Crippen LogP contribution in [0, 0.1) is 0 Å². The summed E-state index contributed by atoms with van der Waals surface area (Å²) in [5.41, 5.74) is 6.81. The van der Waals surface area contributed by atoms with Crippen LogP contribution >= 0.6 is 0 Å². The average molecular weight is 268 g/mol. The Kier molecular flexibility index (Phi) is 3.92. The van der Waals surface area contributed by atoms with Gasteiger partial charge in [0.15, 0.2) is 9.84 Å². The van der Waals surface area contributed by atoms with Crippen LogP contribution in [-0.4, -0.2) is 33.3 Å². The first-order valence-corrected chi connectivity index (χ1v) is 8.03. The molecule has 18 heavy (non-hydrogen) atoms. The monoisotopic (exact) mass is 268 g/mol. The summed E-state index contributed by atoms with van der Waals surface area (Å²) in [5.74, 6) is 0.140. The fraction of sp³-hybridized carbons (Fsp3) is 0.538. The van der Waals surface area contributed by atoms with Gasteiger partial charge in [-0.25, -0.2) is 8.42 Å². The lowest BCUT2D eigenvalue weighted by Gasteiger charge is -2.25. The molecule has 1 aliphatic heterocycles. The molecule has 0 amide bonds. The summed E-state index contributed by atoms with van der Waals surface area (Å²) in [6.07, 6.45) is 2.27. The Morgan fingerprint density at radius 3 is 2.56 bits per heavy atom. The number of hydrogen-bond donors (Lipinski definition) is 1. The van der Waals surface area contributed by atoms with E-state index >= 15 is 0 Å². The van der Waals surface area contributed by atoms with E-state index in [-0.39, 0.29) is 5.75 Å². The van der Waals surface area contributed by atoms with Crippen LogP contribution in [0.2, 0.25) is 0 Å². The molecule has 100 valence electrons. The lowest BCUT2D eigenvalue weighted by Crippen LogP contribution is -2.35. The number of nitrogens with two attached hydrogens (primary N) is 1. The molecule has 0 saturated carbocycles. The standard InChI is InChI=1S/C13H20N2O2S/c1-2-18(16,17)13-7-5-11(6-8-13)15-9-3-4-12(15)10-14/h5-8,12H,2-4,9-10,14H2,1H3. The van der Waals surface area contributed by atoms with Crippen molar-refractivity contribution >= 4 is 15.5 Å². The molecule has 1 heterocycles. The second-order valence-electron chi connectivity index (χ2n) is 4.62. The largest absolute Gasteiger partial charge is 0.367 e. The molecule has 0 bridgehead atoms. The van der Waals surface area contributed by atoms with E-state index in [0.29, 0.717) is 17.5 Å². The number of sulfone groups is 1. The van der Waals surface area contributed by atoms with Crippen molar-refractivity contribution in [3.8, 4) is 0 Å². The van der Waals surface area contributed by atoms with Gasteiger partial charge in [-0.05, 0) is 37.1 Å². The third kappa shape index (κ3) is 2.52. The van der Waals surface area contributed by atoms with Crippen molar-refractivity contribution in [2.75, 3.05) is 23.7 Å². The van der Waals surface area contributed by atoms with Gasteiger partial charge in [0.05, 0.1) is 10.6 Å². The van der Waals surface area contributed by atoms with Gasteiger partial charge in [-0.3, -0.25) is 0 Å². The summed E-state index contributed by atoms with van der Waals surface area (Å²) in [4.78, 5) is 2.67. The number of hydrogen-bond acceptors (Lipinski definition) is 4. The lowest BCUT2D eigenvalue weighted by atomic mass is 10.2. The molecule has 1 unspecified atom stereocenters. The first kappa shape index (κ1) is 13.4. The molecule has 1 aliphatic rings. The summed E-state index contributed by atoms with van der Waals surface area (Å²) < 4.78 is 23.4. The maximum atomic E-state index is 11.7. The quantitative estimate of drug-likeness (QED) is 0.896. The Morgan fingerprint density at radius 1 is 1.33 bits per heavy atom. The topological polar surface area (TPSA) is 63.4 Å². The van der Waals surface area contributed by atoms with Crippen LogP contribution < -0.4 is 10.6 Å². The third-order valence-corrected chi connectivity index (χ3v) is 5.31. The summed E-state index contributed by atoms with van der Waals surface area (Å²) in [7, 11) is -3.10. The van der Waals surface area contributed by atoms with E-state index in [1.54, 1.807) is 19.1 Å². The highest BCUT2D eigenvalue weighted by Crippen LogP contribution is 2.26. The Bertz CT molecular complexity index is 496. The summed E-state index contributed by atoms with van der Waals surface area (Å²) in [6.45, 7) is 3.31. The summed E-state index contributed by atoms with van der Waals surface area (Å²) in [5, 5.41) is 0. The number of anilines is 1. The number of nitrogens with zero attached hydrogens (tertiary/aromatic N) is 1. The fourth-order valence-corrected chi connectivity index (χ4v) is 3.32. The SMILES string of the molecule is CCS(=O)(=O)c1ccc(N2CCCC2CN)cc1. The Balaban J connectivity index is 2.23. The molecular formula is C13H20N2O2S. The van der Waals surface area contributed by atoms with E-state index in [9.17, 15) is 8.42 Å². The number of benzene rings is 1. The van der Waals surface area contributed by atoms with E-state index in [2.05, 4.69) is 4.90 Å². The Labute approximate surface area is 109 Å². The van der Waals surface area contributed by atoms with Gasteiger partial charge in [0.25, 0.3) is 0 Å². The van der Waals surface area contributed by atoms with Crippen molar-refractivity contribution in [3.63, 3.8) is 0 Å². The molecule has 1 fully saturated rings. The zero-order valence-corrected chi connectivity index (χ0v) is 11.5. The van der Waals surface area contributed by atoms with Gasteiger partial charge in [-0.2, -0.15) is 0 Å². The molecule has 1 saturated heterocycles. The van der Waals surface area contributed by atoms with E-state index in [1.165, 1.54) is 0 Å². The van der Waals surface area contributed by atoms with E-state index in [0.717, 1.165) is 25.1 Å². The minimum Gasteiger partial charge on any atom is -0.367 e. The van der Waals surface area contributed by atoms with E-state index in [1.807, 2.05) is 12.1 Å². The predicted octanol–water partition coefficient (Wildman–Crippen LogP) is 1.41. The minimum absolute atomic E-state index is 0.140. The summed E-state index contributed by atoms with van der Waals surface area (Å²) in [6, 6.07) is 7.55. The van der Waals surface area contributed by atoms with Gasteiger partial charge in [0, 0.05) is 24.8 Å². The molecule has 0 aliphatic carbocycles. The van der Waals surface area contributed by atoms with E-state index in [4.69, 9.17) is 5.73 Å². The molecule has 0 aromatic heterocycles. The predicted molar refractivity (Wildman–Crippen MR) is 73.6 cm³/mol. The zero-order valence-electron chi connectivity index (χ0n) is 10.7. The molecule has 1 aromatic carbocycles. The molecule has 2 N–H and O–H groups in total. The second kappa shape index (κ2) is 5.28. The van der Waals surface area contributed by atoms with Crippen LogP contribution in [0.4, 0.5) is 5.69 Å². The Morgan fingerprint density at radius 2 is 2.00 bits per heavy atom. The lowest BCUT2D eigenvalue weighted by molar-refractivity contribution is 0.597. The zero-order chi connectivity index (χ0) is 13.2. The summed E-state index contributed by atoms with van der Waals surface area (Å²) >= 11 is 0. The number of rotatable bonds is 4. The second-order valence-corrected chi connectivity index (χ2v) is 6.90. The van der Waals surface area contributed by atoms with Crippen molar-refractivity contribution < 1.29 is 8.42 Å². The van der Waals surface area contributed by atoms with Gasteiger partial charge >= 0.3 is 0 Å². The van der Waals surface area contributed by atoms with Crippen molar-refractivity contribution in [3.05, 3.63) is 24.3 Å². The first-order valence-electron chi connectivity index (χ1n) is 6.38. The van der Waals surface area contributed by atoms with Gasteiger partial charge in [0.2, 0.25) is 0 Å². The normalized spacial score (nSPS) is 20.3. The first-order chi connectivity index (χ1) is 8.58. The van der Waals surface area contributed by atoms with Crippen molar-refractivity contribution in [2.24, 2.45) is 5.73 Å². The molecule has 0 spiro atoms. The van der Waals surface area contributed by atoms with Crippen LogP contribution in [0.25, 0.3) is 0 Å². The highest BCUT2D eigenvalue weighted by atomic mass is 32.2. The molecule has 5 heteroatoms.